The second kappa shape index (κ2) is 4.37. The van der Waals surface area contributed by atoms with Crippen LogP contribution in [0.2, 0.25) is 0 Å². The molecule has 4 heteroatoms. The molecule has 1 saturated heterocycles. The molecule has 0 radical (unpaired) electrons. The molecule has 2 fully saturated rings. The lowest BCUT2D eigenvalue weighted by molar-refractivity contribution is -0.150. The molecule has 1 aromatic carbocycles. The molecule has 1 spiro atoms. The number of nitrogens with one attached hydrogen (secondary N) is 2. The molecule has 0 unspecified atom stereocenters. The molecule has 1 aliphatic heterocycles. The number of rotatable bonds is 2. The van der Waals surface area contributed by atoms with Crippen molar-refractivity contribution in [2.24, 2.45) is 11.3 Å². The average Bonchev–Trinajstić information content (AvgIpc) is 2.37. The monoisotopic (exact) mass is 246 g/mol. The van der Waals surface area contributed by atoms with Gasteiger partial charge in [-0.15, -0.1) is 0 Å². The highest BCUT2D eigenvalue weighted by Gasteiger charge is 2.49. The summed E-state index contributed by atoms with van der Waals surface area (Å²) in [5, 5.41) is 15.9. The molecule has 0 atom stereocenters. The molecule has 0 aromatic heterocycles. The number of benzene rings is 1. The zero-order valence-corrected chi connectivity index (χ0v) is 10.2. The molecular weight excluding hydrogens is 228 g/mol. The van der Waals surface area contributed by atoms with Gasteiger partial charge < -0.3 is 5.11 Å². The van der Waals surface area contributed by atoms with E-state index in [2.05, 4.69) is 22.8 Å². The van der Waals surface area contributed by atoms with Crippen molar-refractivity contribution in [1.29, 1.82) is 0 Å². The van der Waals surface area contributed by atoms with Crippen molar-refractivity contribution in [2.75, 3.05) is 13.1 Å². The van der Waals surface area contributed by atoms with E-state index < -0.39 is 5.97 Å². The Balaban J connectivity index is 1.58. The first-order valence-electron chi connectivity index (χ1n) is 6.43. The van der Waals surface area contributed by atoms with Crippen LogP contribution in [0, 0.1) is 11.3 Å². The Bertz CT molecular complexity index is 430. The van der Waals surface area contributed by atoms with Crippen LogP contribution in [0.5, 0.6) is 0 Å². The van der Waals surface area contributed by atoms with Crippen molar-refractivity contribution in [3.05, 3.63) is 35.9 Å². The van der Waals surface area contributed by atoms with E-state index in [0.29, 0.717) is 0 Å². The highest BCUT2D eigenvalue weighted by molar-refractivity contribution is 5.71. The topological polar surface area (TPSA) is 61.4 Å². The predicted molar refractivity (Wildman–Crippen MR) is 68.0 cm³/mol. The third-order valence-corrected chi connectivity index (χ3v) is 4.20. The Morgan fingerprint density at radius 1 is 1.17 bits per heavy atom. The quantitative estimate of drug-likeness (QED) is 0.737. The molecule has 0 amide bonds. The molecule has 96 valence electrons. The normalized spacial score (nSPS) is 35.1. The fourth-order valence-corrected chi connectivity index (χ4v) is 3.10. The van der Waals surface area contributed by atoms with Crippen molar-refractivity contribution < 1.29 is 9.90 Å². The standard InChI is InChI=1S/C14H18N2O2/c17-13(18)11-6-14(7-11)8-15-12(16-9-14)10-4-2-1-3-5-10/h1-5,11-12,15-16H,6-9H2,(H,17,18). The minimum absolute atomic E-state index is 0.137. The average molecular weight is 246 g/mol. The Labute approximate surface area is 106 Å². The summed E-state index contributed by atoms with van der Waals surface area (Å²) >= 11 is 0. The maximum absolute atomic E-state index is 10.9. The molecule has 1 heterocycles. The molecule has 2 aliphatic rings. The lowest BCUT2D eigenvalue weighted by Crippen LogP contribution is -2.59. The van der Waals surface area contributed by atoms with Crippen LogP contribution in [0.15, 0.2) is 30.3 Å². The Kier molecular flexibility index (Phi) is 2.84. The van der Waals surface area contributed by atoms with Gasteiger partial charge in [0, 0.05) is 13.1 Å². The summed E-state index contributed by atoms with van der Waals surface area (Å²) in [6, 6.07) is 10.3. The number of hydrogen-bond acceptors (Lipinski definition) is 3. The second-order valence-electron chi connectivity index (χ2n) is 5.55. The Morgan fingerprint density at radius 3 is 2.33 bits per heavy atom. The van der Waals surface area contributed by atoms with Crippen molar-refractivity contribution in [2.45, 2.75) is 19.0 Å². The zero-order valence-electron chi connectivity index (χ0n) is 10.2. The van der Waals surface area contributed by atoms with Gasteiger partial charge >= 0.3 is 5.97 Å². The Morgan fingerprint density at radius 2 is 1.78 bits per heavy atom. The molecule has 3 rings (SSSR count). The largest absolute Gasteiger partial charge is 0.481 e. The van der Waals surface area contributed by atoms with Crippen LogP contribution < -0.4 is 10.6 Å². The summed E-state index contributed by atoms with van der Waals surface area (Å²) in [4.78, 5) is 10.9. The first-order chi connectivity index (χ1) is 8.69. The van der Waals surface area contributed by atoms with Gasteiger partial charge in [-0.05, 0) is 23.8 Å². The third-order valence-electron chi connectivity index (χ3n) is 4.20. The van der Waals surface area contributed by atoms with E-state index >= 15 is 0 Å². The highest BCUT2D eigenvalue weighted by atomic mass is 16.4. The van der Waals surface area contributed by atoms with Gasteiger partial charge in [0.25, 0.3) is 0 Å². The van der Waals surface area contributed by atoms with Crippen LogP contribution in [0.1, 0.15) is 24.6 Å². The SMILES string of the molecule is O=C(O)C1CC2(CNC(c3ccccc3)NC2)C1. The van der Waals surface area contributed by atoms with E-state index in [1.807, 2.05) is 18.2 Å². The van der Waals surface area contributed by atoms with Crippen molar-refractivity contribution in [3.8, 4) is 0 Å². The molecule has 1 aliphatic carbocycles. The number of aliphatic carboxylic acids is 1. The molecule has 1 saturated carbocycles. The van der Waals surface area contributed by atoms with Crippen LogP contribution in [-0.2, 0) is 4.79 Å². The van der Waals surface area contributed by atoms with E-state index in [1.165, 1.54) is 5.56 Å². The zero-order chi connectivity index (χ0) is 12.6. The van der Waals surface area contributed by atoms with Gasteiger partial charge in [-0.25, -0.2) is 0 Å². The van der Waals surface area contributed by atoms with Crippen molar-refractivity contribution >= 4 is 5.97 Å². The van der Waals surface area contributed by atoms with Gasteiger partial charge in [0.2, 0.25) is 0 Å². The van der Waals surface area contributed by atoms with Crippen LogP contribution in [0.4, 0.5) is 0 Å². The Hall–Kier alpha value is -1.39. The summed E-state index contributed by atoms with van der Waals surface area (Å²) in [6.45, 7) is 1.81. The van der Waals surface area contributed by atoms with Gasteiger partial charge in [-0.1, -0.05) is 30.3 Å². The number of hydrogen-bond donors (Lipinski definition) is 3. The third kappa shape index (κ3) is 2.02. The maximum atomic E-state index is 10.9. The number of carbonyl (C=O) groups is 1. The summed E-state index contributed by atoms with van der Waals surface area (Å²) < 4.78 is 0. The fraction of sp³-hybridized carbons (Fsp3) is 0.500. The van der Waals surface area contributed by atoms with E-state index in [0.717, 1.165) is 25.9 Å². The summed E-state index contributed by atoms with van der Waals surface area (Å²) in [5.41, 5.74) is 1.40. The van der Waals surface area contributed by atoms with Crippen LogP contribution in [0.3, 0.4) is 0 Å². The predicted octanol–water partition coefficient (Wildman–Crippen LogP) is 1.36. The molecule has 1 aromatic rings. The molecular formula is C14H18N2O2. The smallest absolute Gasteiger partial charge is 0.306 e. The first kappa shape index (κ1) is 11.7. The van der Waals surface area contributed by atoms with E-state index in [1.54, 1.807) is 0 Å². The first-order valence-corrected chi connectivity index (χ1v) is 6.43. The minimum Gasteiger partial charge on any atom is -0.481 e. The minimum atomic E-state index is -0.647. The molecule has 18 heavy (non-hydrogen) atoms. The fourth-order valence-electron chi connectivity index (χ4n) is 3.10. The van der Waals surface area contributed by atoms with Crippen LogP contribution in [0.25, 0.3) is 0 Å². The second-order valence-corrected chi connectivity index (χ2v) is 5.55. The van der Waals surface area contributed by atoms with Crippen LogP contribution in [-0.4, -0.2) is 24.2 Å². The lowest BCUT2D eigenvalue weighted by atomic mass is 9.61. The van der Waals surface area contributed by atoms with Gasteiger partial charge in [0.1, 0.15) is 0 Å². The summed E-state index contributed by atoms with van der Waals surface area (Å²) in [7, 11) is 0. The van der Waals surface area contributed by atoms with Gasteiger partial charge in [-0.3, -0.25) is 15.4 Å². The molecule has 0 bridgehead atoms. The van der Waals surface area contributed by atoms with Gasteiger partial charge in [0.05, 0.1) is 12.1 Å². The van der Waals surface area contributed by atoms with Crippen LogP contribution >= 0.6 is 0 Å². The number of carboxylic acids is 1. The lowest BCUT2D eigenvalue weighted by Gasteiger charge is -2.50. The van der Waals surface area contributed by atoms with E-state index in [-0.39, 0.29) is 17.5 Å². The van der Waals surface area contributed by atoms with Gasteiger partial charge in [0.15, 0.2) is 0 Å². The van der Waals surface area contributed by atoms with Crippen molar-refractivity contribution in [1.82, 2.24) is 10.6 Å². The van der Waals surface area contributed by atoms with E-state index in [4.69, 9.17) is 5.11 Å². The maximum Gasteiger partial charge on any atom is 0.306 e. The molecule has 3 N–H and O–H groups in total. The summed E-state index contributed by atoms with van der Waals surface area (Å²) in [5.74, 6) is -0.785. The summed E-state index contributed by atoms with van der Waals surface area (Å²) in [6.07, 6.45) is 1.79. The highest BCUT2D eigenvalue weighted by Crippen LogP contribution is 2.46. The van der Waals surface area contributed by atoms with Crippen molar-refractivity contribution in [3.63, 3.8) is 0 Å². The number of carboxylic acid groups (broad SMARTS) is 1. The van der Waals surface area contributed by atoms with E-state index in [9.17, 15) is 4.79 Å². The molecule has 4 nitrogen and oxygen atoms in total. The van der Waals surface area contributed by atoms with Gasteiger partial charge in [-0.2, -0.15) is 0 Å².